The van der Waals surface area contributed by atoms with Gasteiger partial charge in [0.15, 0.2) is 6.10 Å². The van der Waals surface area contributed by atoms with Crippen molar-refractivity contribution < 1.29 is 24.2 Å². The lowest BCUT2D eigenvalue weighted by Crippen LogP contribution is -2.39. The van der Waals surface area contributed by atoms with Crippen molar-refractivity contribution in [3.8, 4) is 5.75 Å². The summed E-state index contributed by atoms with van der Waals surface area (Å²) in [6, 6.07) is 11.6. The molecule has 7 heteroatoms. The molecule has 2 N–H and O–H groups in total. The number of anilines is 2. The molecule has 0 saturated carbocycles. The number of aromatic hydroxyl groups is 1. The first kappa shape index (κ1) is 18.4. The Kier molecular flexibility index (Phi) is 5.12. The van der Waals surface area contributed by atoms with Crippen LogP contribution in [-0.2, 0) is 20.7 Å². The lowest BCUT2D eigenvalue weighted by atomic mass is 10.1. The average Bonchev–Trinajstić information content (AvgIpc) is 3.06. The highest BCUT2D eigenvalue weighted by atomic mass is 16.5. The molecule has 0 unspecified atom stereocenters. The smallest absolute Gasteiger partial charge is 0.342 e. The van der Waals surface area contributed by atoms with E-state index in [1.807, 2.05) is 24.3 Å². The maximum absolute atomic E-state index is 12.7. The third kappa shape index (κ3) is 3.92. The minimum absolute atomic E-state index is 0.122. The van der Waals surface area contributed by atoms with E-state index in [-0.39, 0.29) is 23.1 Å². The van der Waals surface area contributed by atoms with Gasteiger partial charge in [0.2, 0.25) is 5.91 Å². The highest BCUT2D eigenvalue weighted by molar-refractivity contribution is 6.01. The third-order valence-electron chi connectivity index (χ3n) is 4.32. The zero-order valence-electron chi connectivity index (χ0n) is 15.1. The Morgan fingerprint density at radius 3 is 2.67 bits per heavy atom. The predicted octanol–water partition coefficient (Wildman–Crippen LogP) is 2.49. The Balaban J connectivity index is 1.73. The van der Waals surface area contributed by atoms with Gasteiger partial charge in [-0.1, -0.05) is 18.2 Å². The molecule has 1 aliphatic rings. The fourth-order valence-corrected chi connectivity index (χ4v) is 3.04. The SMILES string of the molecule is CC(=O)Nc1ccc(O)c(C(=O)O[C@H](C)C(=O)N2CCc3ccccc32)c1. The Morgan fingerprint density at radius 1 is 1.19 bits per heavy atom. The molecular formula is C20H20N2O5. The van der Waals surface area contributed by atoms with E-state index in [2.05, 4.69) is 5.32 Å². The van der Waals surface area contributed by atoms with E-state index >= 15 is 0 Å². The van der Waals surface area contributed by atoms with E-state index in [1.54, 1.807) is 4.90 Å². The van der Waals surface area contributed by atoms with Crippen LogP contribution in [0.2, 0.25) is 0 Å². The largest absolute Gasteiger partial charge is 0.507 e. The summed E-state index contributed by atoms with van der Waals surface area (Å²) >= 11 is 0. The summed E-state index contributed by atoms with van der Waals surface area (Å²) in [4.78, 5) is 37.9. The quantitative estimate of drug-likeness (QED) is 0.638. The molecule has 0 spiro atoms. The summed E-state index contributed by atoms with van der Waals surface area (Å²) in [6.45, 7) is 3.36. The van der Waals surface area contributed by atoms with E-state index in [4.69, 9.17) is 4.74 Å². The Bertz CT molecular complexity index is 909. The second-order valence-corrected chi connectivity index (χ2v) is 6.33. The molecule has 0 bridgehead atoms. The normalized spacial score (nSPS) is 13.6. The van der Waals surface area contributed by atoms with Crippen LogP contribution in [-0.4, -0.2) is 35.5 Å². The van der Waals surface area contributed by atoms with Gasteiger partial charge in [0.05, 0.1) is 0 Å². The van der Waals surface area contributed by atoms with E-state index < -0.39 is 12.1 Å². The number of hydrogen-bond acceptors (Lipinski definition) is 5. The second-order valence-electron chi connectivity index (χ2n) is 6.33. The number of nitrogens with zero attached hydrogens (tertiary/aromatic N) is 1. The number of para-hydroxylation sites is 1. The van der Waals surface area contributed by atoms with Gasteiger partial charge in [0, 0.05) is 24.8 Å². The molecule has 0 saturated heterocycles. The molecule has 0 fully saturated rings. The fraction of sp³-hybridized carbons (Fsp3) is 0.250. The average molecular weight is 368 g/mol. The number of hydrogen-bond donors (Lipinski definition) is 2. The van der Waals surface area contributed by atoms with Crippen LogP contribution in [0.4, 0.5) is 11.4 Å². The van der Waals surface area contributed by atoms with Crippen molar-refractivity contribution in [1.29, 1.82) is 0 Å². The fourth-order valence-electron chi connectivity index (χ4n) is 3.04. The first-order chi connectivity index (χ1) is 12.9. The van der Waals surface area contributed by atoms with E-state index in [0.717, 1.165) is 17.7 Å². The second kappa shape index (κ2) is 7.49. The summed E-state index contributed by atoms with van der Waals surface area (Å²) in [5.74, 6) is -1.77. The number of fused-ring (bicyclic) bond motifs is 1. The van der Waals surface area contributed by atoms with Crippen LogP contribution in [0.5, 0.6) is 5.75 Å². The van der Waals surface area contributed by atoms with Gasteiger partial charge in [0.25, 0.3) is 5.91 Å². The number of rotatable bonds is 4. The van der Waals surface area contributed by atoms with Gasteiger partial charge in [-0.05, 0) is 43.2 Å². The van der Waals surface area contributed by atoms with Crippen LogP contribution in [0.1, 0.15) is 29.8 Å². The number of carbonyl (C=O) groups excluding carboxylic acids is 3. The van der Waals surface area contributed by atoms with Crippen molar-refractivity contribution in [3.63, 3.8) is 0 Å². The molecule has 27 heavy (non-hydrogen) atoms. The Morgan fingerprint density at radius 2 is 1.93 bits per heavy atom. The van der Waals surface area contributed by atoms with Crippen molar-refractivity contribution >= 4 is 29.2 Å². The molecule has 2 aromatic carbocycles. The van der Waals surface area contributed by atoms with Gasteiger partial charge < -0.3 is 20.1 Å². The molecule has 1 atom stereocenters. The lowest BCUT2D eigenvalue weighted by Gasteiger charge is -2.22. The first-order valence-corrected chi connectivity index (χ1v) is 8.57. The molecular weight excluding hydrogens is 348 g/mol. The van der Waals surface area contributed by atoms with Crippen molar-refractivity contribution in [2.75, 3.05) is 16.8 Å². The van der Waals surface area contributed by atoms with Crippen LogP contribution >= 0.6 is 0 Å². The van der Waals surface area contributed by atoms with Crippen LogP contribution in [0, 0.1) is 0 Å². The zero-order chi connectivity index (χ0) is 19.6. The highest BCUT2D eigenvalue weighted by Crippen LogP contribution is 2.29. The Labute approximate surface area is 156 Å². The molecule has 1 aliphatic heterocycles. The molecule has 140 valence electrons. The van der Waals surface area contributed by atoms with Crippen LogP contribution in [0.3, 0.4) is 0 Å². The number of amides is 2. The molecule has 0 radical (unpaired) electrons. The van der Waals surface area contributed by atoms with E-state index in [1.165, 1.54) is 32.0 Å². The van der Waals surface area contributed by atoms with Gasteiger partial charge >= 0.3 is 5.97 Å². The maximum Gasteiger partial charge on any atom is 0.342 e. The highest BCUT2D eigenvalue weighted by Gasteiger charge is 2.30. The summed E-state index contributed by atoms with van der Waals surface area (Å²) < 4.78 is 5.26. The molecule has 7 nitrogen and oxygen atoms in total. The third-order valence-corrected chi connectivity index (χ3v) is 4.32. The van der Waals surface area contributed by atoms with E-state index in [0.29, 0.717) is 12.2 Å². The van der Waals surface area contributed by atoms with Gasteiger partial charge in [0.1, 0.15) is 11.3 Å². The Hall–Kier alpha value is -3.35. The number of ether oxygens (including phenoxy) is 1. The number of benzene rings is 2. The molecule has 2 amide bonds. The minimum Gasteiger partial charge on any atom is -0.507 e. The number of phenolic OH excluding ortho intramolecular Hbond substituents is 1. The lowest BCUT2D eigenvalue weighted by molar-refractivity contribution is -0.126. The van der Waals surface area contributed by atoms with Crippen LogP contribution in [0.15, 0.2) is 42.5 Å². The number of esters is 1. The first-order valence-electron chi connectivity index (χ1n) is 8.57. The van der Waals surface area contributed by atoms with Crippen molar-refractivity contribution in [2.24, 2.45) is 0 Å². The van der Waals surface area contributed by atoms with Gasteiger partial charge in [-0.25, -0.2) is 4.79 Å². The molecule has 0 aromatic heterocycles. The van der Waals surface area contributed by atoms with Crippen LogP contribution < -0.4 is 10.2 Å². The van der Waals surface area contributed by atoms with Crippen molar-refractivity contribution in [3.05, 3.63) is 53.6 Å². The monoisotopic (exact) mass is 368 g/mol. The van der Waals surface area contributed by atoms with Crippen molar-refractivity contribution in [2.45, 2.75) is 26.4 Å². The summed E-state index contributed by atoms with van der Waals surface area (Å²) in [6.07, 6.45) is -0.269. The number of phenols is 1. The number of carbonyl (C=O) groups is 3. The minimum atomic E-state index is -1.02. The van der Waals surface area contributed by atoms with Crippen molar-refractivity contribution in [1.82, 2.24) is 0 Å². The number of nitrogens with one attached hydrogen (secondary N) is 1. The predicted molar refractivity (Wildman–Crippen MR) is 99.8 cm³/mol. The van der Waals surface area contributed by atoms with Crippen LogP contribution in [0.25, 0.3) is 0 Å². The molecule has 1 heterocycles. The molecule has 3 rings (SSSR count). The van der Waals surface area contributed by atoms with E-state index in [9.17, 15) is 19.5 Å². The van der Waals surface area contributed by atoms with Gasteiger partial charge in [-0.3, -0.25) is 9.59 Å². The van der Waals surface area contributed by atoms with Gasteiger partial charge in [-0.15, -0.1) is 0 Å². The molecule has 2 aromatic rings. The summed E-state index contributed by atoms with van der Waals surface area (Å²) in [5, 5.41) is 12.4. The summed E-state index contributed by atoms with van der Waals surface area (Å²) in [7, 11) is 0. The maximum atomic E-state index is 12.7. The zero-order valence-corrected chi connectivity index (χ0v) is 15.1. The molecule has 0 aliphatic carbocycles. The summed E-state index contributed by atoms with van der Waals surface area (Å²) in [5.41, 5.74) is 2.12. The standard InChI is InChI=1S/C20H20N2O5/c1-12(19(25)22-10-9-14-5-3-4-6-17(14)22)27-20(26)16-11-15(21-13(2)23)7-8-18(16)24/h3-8,11-12,24H,9-10H2,1-2H3,(H,21,23)/t12-/m1/s1. The topological polar surface area (TPSA) is 95.9 Å². The van der Waals surface area contributed by atoms with Gasteiger partial charge in [-0.2, -0.15) is 0 Å².